The van der Waals surface area contributed by atoms with Gasteiger partial charge in [0.25, 0.3) is 0 Å². The first kappa shape index (κ1) is 17.4. The van der Waals surface area contributed by atoms with Crippen molar-refractivity contribution in [2.24, 2.45) is 0 Å². The summed E-state index contributed by atoms with van der Waals surface area (Å²) < 4.78 is 0. The molecule has 0 saturated carbocycles. The van der Waals surface area contributed by atoms with Crippen LogP contribution in [0.4, 0.5) is 17.3 Å². The fraction of sp³-hybridized carbons (Fsp3) is 0.150. The minimum absolute atomic E-state index is 0.249. The highest BCUT2D eigenvalue weighted by molar-refractivity contribution is 5.88. The average molecular weight is 348 g/mol. The van der Waals surface area contributed by atoms with E-state index in [0.717, 1.165) is 24.6 Å². The van der Waals surface area contributed by atoms with E-state index in [9.17, 15) is 4.79 Å². The van der Waals surface area contributed by atoms with E-state index in [2.05, 4.69) is 39.2 Å². The van der Waals surface area contributed by atoms with Crippen molar-refractivity contribution < 1.29 is 9.90 Å². The van der Waals surface area contributed by atoms with Crippen LogP contribution >= 0.6 is 0 Å². The predicted octanol–water partition coefficient (Wildman–Crippen LogP) is 3.94. The molecule has 0 atom stereocenters. The number of anilines is 3. The Balaban J connectivity index is 1.75. The van der Waals surface area contributed by atoms with E-state index in [4.69, 9.17) is 5.11 Å². The summed E-state index contributed by atoms with van der Waals surface area (Å²) >= 11 is 0. The molecule has 0 amide bonds. The van der Waals surface area contributed by atoms with Gasteiger partial charge >= 0.3 is 5.97 Å². The summed E-state index contributed by atoms with van der Waals surface area (Å²) in [6.45, 7) is 3.67. The molecule has 0 aliphatic heterocycles. The Kier molecular flexibility index (Phi) is 5.43. The van der Waals surface area contributed by atoms with Crippen molar-refractivity contribution in [1.29, 1.82) is 0 Å². The van der Waals surface area contributed by atoms with Crippen molar-refractivity contribution in [2.75, 3.05) is 16.8 Å². The average Bonchev–Trinajstić information content (AvgIpc) is 2.67. The quantitative estimate of drug-likeness (QED) is 0.673. The zero-order valence-electron chi connectivity index (χ0n) is 14.5. The molecular formula is C20H20N4O2. The maximum Gasteiger partial charge on any atom is 0.335 e. The number of hydrogen-bond donors (Lipinski definition) is 2. The van der Waals surface area contributed by atoms with Crippen molar-refractivity contribution in [1.82, 2.24) is 9.97 Å². The van der Waals surface area contributed by atoms with Crippen molar-refractivity contribution in [3.8, 4) is 0 Å². The highest BCUT2D eigenvalue weighted by Gasteiger charge is 2.09. The number of rotatable bonds is 7. The zero-order valence-corrected chi connectivity index (χ0v) is 14.5. The first-order valence-corrected chi connectivity index (χ1v) is 8.37. The maximum absolute atomic E-state index is 10.9. The summed E-state index contributed by atoms with van der Waals surface area (Å²) in [5.41, 5.74) is 2.23. The van der Waals surface area contributed by atoms with E-state index in [1.807, 2.05) is 24.3 Å². The Morgan fingerprint density at radius 3 is 2.46 bits per heavy atom. The van der Waals surface area contributed by atoms with Crippen molar-refractivity contribution in [3.63, 3.8) is 0 Å². The molecule has 0 aliphatic carbocycles. The molecule has 132 valence electrons. The Hall–Kier alpha value is -3.41. The van der Waals surface area contributed by atoms with Crippen LogP contribution in [0.15, 0.2) is 67.0 Å². The molecule has 1 aromatic heterocycles. The molecular weight excluding hydrogens is 328 g/mol. The van der Waals surface area contributed by atoms with Gasteiger partial charge in [-0.1, -0.05) is 30.3 Å². The molecule has 1 heterocycles. The van der Waals surface area contributed by atoms with Gasteiger partial charge in [0.2, 0.25) is 0 Å². The van der Waals surface area contributed by atoms with E-state index < -0.39 is 5.97 Å². The van der Waals surface area contributed by atoms with Crippen LogP contribution in [0.2, 0.25) is 0 Å². The Morgan fingerprint density at radius 2 is 1.81 bits per heavy atom. The smallest absolute Gasteiger partial charge is 0.335 e. The molecule has 0 unspecified atom stereocenters. The van der Waals surface area contributed by atoms with E-state index in [-0.39, 0.29) is 5.56 Å². The lowest BCUT2D eigenvalue weighted by molar-refractivity contribution is 0.0697. The van der Waals surface area contributed by atoms with E-state index in [1.54, 1.807) is 24.3 Å². The minimum Gasteiger partial charge on any atom is -0.478 e. The fourth-order valence-electron chi connectivity index (χ4n) is 2.59. The van der Waals surface area contributed by atoms with Gasteiger partial charge in [-0.25, -0.2) is 14.8 Å². The summed E-state index contributed by atoms with van der Waals surface area (Å²) in [5, 5.41) is 12.1. The molecule has 0 radical (unpaired) electrons. The molecule has 0 aliphatic rings. The van der Waals surface area contributed by atoms with Crippen LogP contribution in [-0.4, -0.2) is 27.6 Å². The summed E-state index contributed by atoms with van der Waals surface area (Å²) in [4.78, 5) is 21.7. The molecule has 3 aromatic rings. The zero-order chi connectivity index (χ0) is 18.4. The number of carboxylic acids is 1. The second-order valence-electron chi connectivity index (χ2n) is 5.77. The number of nitrogens with zero attached hydrogens (tertiary/aromatic N) is 3. The van der Waals surface area contributed by atoms with Crippen LogP contribution in [0.3, 0.4) is 0 Å². The Morgan fingerprint density at radius 1 is 1.08 bits per heavy atom. The molecule has 26 heavy (non-hydrogen) atoms. The van der Waals surface area contributed by atoms with Gasteiger partial charge < -0.3 is 15.3 Å². The van der Waals surface area contributed by atoms with Gasteiger partial charge in [-0.2, -0.15) is 0 Å². The van der Waals surface area contributed by atoms with Crippen molar-refractivity contribution in [3.05, 3.63) is 78.1 Å². The van der Waals surface area contributed by atoms with Gasteiger partial charge in [0.05, 0.1) is 5.56 Å². The molecule has 0 spiro atoms. The third-order valence-electron chi connectivity index (χ3n) is 3.98. The van der Waals surface area contributed by atoms with E-state index >= 15 is 0 Å². The van der Waals surface area contributed by atoms with Crippen LogP contribution < -0.4 is 10.2 Å². The molecule has 2 aromatic carbocycles. The van der Waals surface area contributed by atoms with Crippen LogP contribution in [-0.2, 0) is 6.54 Å². The molecule has 2 N–H and O–H groups in total. The van der Waals surface area contributed by atoms with Crippen LogP contribution in [0, 0.1) is 0 Å². The first-order valence-electron chi connectivity index (χ1n) is 8.37. The SMILES string of the molecule is CCN(Cc1ccccc1)c1cc(Nc2ccc(C(=O)O)cc2)ncn1. The van der Waals surface area contributed by atoms with Crippen LogP contribution in [0.1, 0.15) is 22.8 Å². The third kappa shape index (κ3) is 4.36. The molecule has 6 nitrogen and oxygen atoms in total. The third-order valence-corrected chi connectivity index (χ3v) is 3.98. The lowest BCUT2D eigenvalue weighted by atomic mass is 10.2. The number of nitrogens with one attached hydrogen (secondary N) is 1. The van der Waals surface area contributed by atoms with Gasteiger partial charge in [0.15, 0.2) is 0 Å². The molecule has 3 rings (SSSR count). The molecule has 0 fully saturated rings. The second-order valence-corrected chi connectivity index (χ2v) is 5.77. The largest absolute Gasteiger partial charge is 0.478 e. The monoisotopic (exact) mass is 348 g/mol. The number of hydrogen-bond acceptors (Lipinski definition) is 5. The Labute approximate surface area is 152 Å². The topological polar surface area (TPSA) is 78.4 Å². The van der Waals surface area contributed by atoms with Crippen LogP contribution in [0.25, 0.3) is 0 Å². The fourth-order valence-corrected chi connectivity index (χ4v) is 2.59. The lowest BCUT2D eigenvalue weighted by Crippen LogP contribution is -2.23. The molecule has 0 saturated heterocycles. The van der Waals surface area contributed by atoms with Gasteiger partial charge in [-0.15, -0.1) is 0 Å². The van der Waals surface area contributed by atoms with E-state index in [0.29, 0.717) is 5.82 Å². The van der Waals surface area contributed by atoms with Crippen molar-refractivity contribution >= 4 is 23.3 Å². The highest BCUT2D eigenvalue weighted by atomic mass is 16.4. The summed E-state index contributed by atoms with van der Waals surface area (Å²) in [6.07, 6.45) is 1.52. The van der Waals surface area contributed by atoms with Crippen molar-refractivity contribution in [2.45, 2.75) is 13.5 Å². The van der Waals surface area contributed by atoms with Gasteiger partial charge in [0.1, 0.15) is 18.0 Å². The molecule has 0 bridgehead atoms. The highest BCUT2D eigenvalue weighted by Crippen LogP contribution is 2.20. The number of aromatic nitrogens is 2. The van der Waals surface area contributed by atoms with Gasteiger partial charge in [0, 0.05) is 24.8 Å². The number of aromatic carboxylic acids is 1. The first-order chi connectivity index (χ1) is 12.7. The Bertz CT molecular complexity index is 866. The summed E-state index contributed by atoms with van der Waals surface area (Å²) in [5.74, 6) is 0.543. The van der Waals surface area contributed by atoms with Gasteiger partial charge in [-0.3, -0.25) is 0 Å². The second kappa shape index (κ2) is 8.11. The maximum atomic E-state index is 10.9. The molecule has 6 heteroatoms. The minimum atomic E-state index is -0.944. The summed E-state index contributed by atoms with van der Waals surface area (Å²) in [7, 11) is 0. The normalized spacial score (nSPS) is 10.3. The lowest BCUT2D eigenvalue weighted by Gasteiger charge is -2.22. The standard InChI is InChI=1S/C20H20N4O2/c1-2-24(13-15-6-4-3-5-7-15)19-12-18(21-14-22-19)23-17-10-8-16(9-11-17)20(25)26/h3-12,14H,2,13H2,1H3,(H,25,26)(H,21,22,23). The van der Waals surface area contributed by atoms with Gasteiger partial charge in [-0.05, 0) is 36.8 Å². The number of carboxylic acid groups (broad SMARTS) is 1. The van der Waals surface area contributed by atoms with E-state index in [1.165, 1.54) is 11.9 Å². The van der Waals surface area contributed by atoms with Crippen LogP contribution in [0.5, 0.6) is 0 Å². The summed E-state index contributed by atoms with van der Waals surface area (Å²) in [6, 6.07) is 18.7. The predicted molar refractivity (Wildman–Crippen MR) is 102 cm³/mol. The number of benzene rings is 2. The number of carbonyl (C=O) groups is 1.